The van der Waals surface area contributed by atoms with Crippen molar-refractivity contribution < 1.29 is 41.2 Å². The molecule has 0 saturated carbocycles. The second-order valence-corrected chi connectivity index (χ2v) is 39.3. The summed E-state index contributed by atoms with van der Waals surface area (Å²) in [6, 6.07) is 8.17. The first kappa shape index (κ1) is 39.3. The van der Waals surface area contributed by atoms with E-state index in [1.54, 1.807) is 10.7 Å². The molecule has 2 heterocycles. The molecule has 8 radical (unpaired) electrons. The van der Waals surface area contributed by atoms with E-state index in [0.717, 1.165) is 60.4 Å². The summed E-state index contributed by atoms with van der Waals surface area (Å²) >= 11 is 0. The maximum atomic E-state index is 7.09. The van der Waals surface area contributed by atoms with E-state index in [0.29, 0.717) is 0 Å². The standard InChI is InChI=1S/C20H50O10SSi10/c1-11-32-21-33(12-2)24-37(16-6)28-40(19-9,27-36(15-5)23-32)31-41(20-10)29-38(17-7)25-34(13-3)22-35(14-4)26-39(18-8)30-41/h11-20H2,1-10H3. The van der Waals surface area contributed by atoms with Crippen molar-refractivity contribution >= 4 is 100 Å². The molecule has 0 bridgehead atoms. The molecule has 0 amide bonds. The molecule has 2 rings (SSSR count). The van der Waals surface area contributed by atoms with Gasteiger partial charge in [-0.25, -0.2) is 0 Å². The van der Waals surface area contributed by atoms with Gasteiger partial charge in [0.25, 0.3) is 0 Å². The molecule has 2 aliphatic rings. The molecule has 236 valence electrons. The van der Waals surface area contributed by atoms with E-state index in [-0.39, 0.29) is 0 Å². The van der Waals surface area contributed by atoms with E-state index in [2.05, 4.69) is 69.2 Å². The second-order valence-electron chi connectivity index (χ2n) is 9.00. The lowest BCUT2D eigenvalue weighted by Crippen LogP contribution is -2.60. The topological polar surface area (TPSA) is 92.3 Å². The first-order valence-electron chi connectivity index (χ1n) is 15.1. The third kappa shape index (κ3) is 12.3. The van der Waals surface area contributed by atoms with Crippen molar-refractivity contribution in [2.24, 2.45) is 0 Å². The van der Waals surface area contributed by atoms with Crippen LogP contribution >= 0.6 is 10.7 Å². The summed E-state index contributed by atoms with van der Waals surface area (Å²) in [5, 5.41) is 0. The monoisotopic (exact) mass is 762 g/mol. The van der Waals surface area contributed by atoms with Gasteiger partial charge in [0.2, 0.25) is 0 Å². The highest BCUT2D eigenvalue weighted by Gasteiger charge is 2.56. The van der Waals surface area contributed by atoms with E-state index in [4.69, 9.17) is 41.2 Å². The maximum Gasteiger partial charge on any atom is 0.386 e. The fourth-order valence-corrected chi connectivity index (χ4v) is 52.1. The second kappa shape index (κ2) is 20.4. The lowest BCUT2D eigenvalue weighted by Gasteiger charge is -2.43. The zero-order chi connectivity index (χ0) is 30.5. The van der Waals surface area contributed by atoms with E-state index in [1.807, 2.05) is 0 Å². The predicted molar refractivity (Wildman–Crippen MR) is 181 cm³/mol. The van der Waals surface area contributed by atoms with E-state index in [1.165, 1.54) is 0 Å². The van der Waals surface area contributed by atoms with Crippen molar-refractivity contribution in [2.75, 3.05) is 0 Å². The van der Waals surface area contributed by atoms with Crippen LogP contribution in [-0.2, 0) is 41.2 Å². The molecule has 0 unspecified atom stereocenters. The smallest absolute Gasteiger partial charge is 0.386 e. The Labute approximate surface area is 269 Å². The molecule has 0 aromatic heterocycles. The molecule has 0 spiro atoms. The van der Waals surface area contributed by atoms with Gasteiger partial charge in [-0.3, -0.25) is 0 Å². The van der Waals surface area contributed by atoms with Crippen molar-refractivity contribution in [1.82, 2.24) is 0 Å². The van der Waals surface area contributed by atoms with Crippen LogP contribution in [0.1, 0.15) is 69.2 Å². The average Bonchev–Trinajstić information content (AvgIpc) is 3.00. The van der Waals surface area contributed by atoms with Crippen LogP contribution in [0.4, 0.5) is 0 Å². The summed E-state index contributed by atoms with van der Waals surface area (Å²) in [6.45, 7) is 21.5. The molecule has 0 atom stereocenters. The van der Waals surface area contributed by atoms with Crippen molar-refractivity contribution in [3.63, 3.8) is 0 Å². The highest BCUT2D eigenvalue weighted by molar-refractivity contribution is 8.48. The lowest BCUT2D eigenvalue weighted by atomic mass is 11.0. The van der Waals surface area contributed by atoms with E-state index < -0.39 is 89.7 Å². The Morgan fingerprint density at radius 3 is 0.707 bits per heavy atom. The summed E-state index contributed by atoms with van der Waals surface area (Å²) in [4.78, 5) is 0. The summed E-state index contributed by atoms with van der Waals surface area (Å²) in [5.41, 5.74) is 0. The minimum atomic E-state index is -2.98. The largest absolute Gasteiger partial charge is 0.414 e. The molecule has 41 heavy (non-hydrogen) atoms. The summed E-state index contributed by atoms with van der Waals surface area (Å²) in [5.74, 6) is 0. The fraction of sp³-hybridized carbons (Fsp3) is 1.00. The third-order valence-electron chi connectivity index (χ3n) is 5.93. The van der Waals surface area contributed by atoms with E-state index in [9.17, 15) is 0 Å². The van der Waals surface area contributed by atoms with Crippen LogP contribution in [0.2, 0.25) is 60.4 Å². The molecule has 0 aromatic rings. The predicted octanol–water partition coefficient (Wildman–Crippen LogP) is 5.90. The average molecular weight is 764 g/mol. The Balaban J connectivity index is 2.57. The van der Waals surface area contributed by atoms with Crippen LogP contribution in [0.25, 0.3) is 0 Å². The van der Waals surface area contributed by atoms with Gasteiger partial charge in [-0.15, -0.1) is 0 Å². The minimum Gasteiger partial charge on any atom is -0.414 e. The molecular weight excluding hydrogens is 713 g/mol. The summed E-state index contributed by atoms with van der Waals surface area (Å²) in [7, 11) is -16.7. The SMILES string of the molecule is CC[Si]1O[Si](CC)O[Si](CC)O[Si](CC)(S[Si]2(CC)O[Si](CC)O[Si](CC)O[Si](CC)O[Si](CC)O2)O[Si](CC)O1. The molecular formula is C20H50O10SSi10. The zero-order valence-corrected chi connectivity index (χ0v) is 37.4. The van der Waals surface area contributed by atoms with Crippen molar-refractivity contribution in [3.8, 4) is 0 Å². The highest BCUT2D eigenvalue weighted by Crippen LogP contribution is 2.42. The molecule has 2 saturated heterocycles. The van der Waals surface area contributed by atoms with Crippen molar-refractivity contribution in [3.05, 3.63) is 0 Å². The fourth-order valence-electron chi connectivity index (χ4n) is 3.57. The van der Waals surface area contributed by atoms with Gasteiger partial charge in [-0.2, -0.15) is 0 Å². The Morgan fingerprint density at radius 1 is 0.341 bits per heavy atom. The molecule has 0 aliphatic carbocycles. The summed E-state index contributed by atoms with van der Waals surface area (Å²) < 4.78 is 67.6. The lowest BCUT2D eigenvalue weighted by molar-refractivity contribution is 0.276. The van der Waals surface area contributed by atoms with Crippen LogP contribution in [0.3, 0.4) is 0 Å². The van der Waals surface area contributed by atoms with Crippen LogP contribution < -0.4 is 0 Å². The number of rotatable bonds is 12. The van der Waals surface area contributed by atoms with Gasteiger partial charge in [0, 0.05) is 0 Å². The molecule has 2 aliphatic heterocycles. The summed E-state index contributed by atoms with van der Waals surface area (Å²) in [6.07, 6.45) is 0. The van der Waals surface area contributed by atoms with E-state index >= 15 is 0 Å². The van der Waals surface area contributed by atoms with Gasteiger partial charge in [0.05, 0.1) is 0 Å². The minimum absolute atomic E-state index is 0.749. The Kier molecular flexibility index (Phi) is 19.5. The molecule has 0 N–H and O–H groups in total. The number of hydrogen-bond acceptors (Lipinski definition) is 11. The third-order valence-corrected chi connectivity index (χ3v) is 44.6. The Bertz CT molecular complexity index is 628. The molecule has 10 nitrogen and oxygen atoms in total. The van der Waals surface area contributed by atoms with Crippen LogP contribution in [-0.4, -0.2) is 89.7 Å². The maximum absolute atomic E-state index is 7.09. The van der Waals surface area contributed by atoms with Crippen LogP contribution in [0.5, 0.6) is 0 Å². The van der Waals surface area contributed by atoms with Gasteiger partial charge in [0.1, 0.15) is 0 Å². The molecule has 2 fully saturated rings. The van der Waals surface area contributed by atoms with Gasteiger partial charge >= 0.3 is 89.7 Å². The van der Waals surface area contributed by atoms with Gasteiger partial charge in [-0.05, 0) is 60.4 Å². The Morgan fingerprint density at radius 2 is 0.537 bits per heavy atom. The first-order chi connectivity index (χ1) is 19.7. The van der Waals surface area contributed by atoms with Crippen LogP contribution in [0, 0.1) is 0 Å². The Hall–Kier alpha value is 2.12. The quantitative estimate of drug-likeness (QED) is 0.223. The van der Waals surface area contributed by atoms with Crippen LogP contribution in [0.15, 0.2) is 0 Å². The van der Waals surface area contributed by atoms with Crippen molar-refractivity contribution in [1.29, 1.82) is 0 Å². The van der Waals surface area contributed by atoms with Gasteiger partial charge in [-0.1, -0.05) is 79.9 Å². The van der Waals surface area contributed by atoms with Gasteiger partial charge < -0.3 is 41.2 Å². The molecule has 21 heteroatoms. The van der Waals surface area contributed by atoms with Crippen molar-refractivity contribution in [2.45, 2.75) is 130 Å². The van der Waals surface area contributed by atoms with Gasteiger partial charge in [0.15, 0.2) is 0 Å². The first-order valence-corrected chi connectivity index (χ1v) is 33.6. The number of hydrogen-bond donors (Lipinski definition) is 0. The molecule has 0 aromatic carbocycles. The highest BCUT2D eigenvalue weighted by atomic mass is 32.5. The zero-order valence-electron chi connectivity index (χ0n) is 26.6. The normalized spacial score (nSPS) is 25.0.